The summed E-state index contributed by atoms with van der Waals surface area (Å²) < 4.78 is 33.6. The molecule has 0 radical (unpaired) electrons. The Labute approximate surface area is 245 Å². The second-order valence-corrected chi connectivity index (χ2v) is 12.9. The first-order valence-corrected chi connectivity index (χ1v) is 16.1. The molecule has 0 amide bonds. The molecule has 0 aliphatic carbocycles. The van der Waals surface area contributed by atoms with E-state index in [2.05, 4.69) is 47.9 Å². The number of likely N-dealkylation sites (tertiary alicyclic amines) is 1. The van der Waals surface area contributed by atoms with Crippen molar-refractivity contribution < 1.29 is 13.2 Å². The largest absolute Gasteiger partial charge is 0.497 e. The summed E-state index contributed by atoms with van der Waals surface area (Å²) >= 11 is 0. The van der Waals surface area contributed by atoms with E-state index in [0.717, 1.165) is 35.6 Å². The molecule has 2 aliphatic rings. The Bertz CT molecular complexity index is 1820. The summed E-state index contributed by atoms with van der Waals surface area (Å²) in [5, 5.41) is 8.40. The lowest BCUT2D eigenvalue weighted by molar-refractivity contribution is 0.141. The van der Waals surface area contributed by atoms with E-state index in [-0.39, 0.29) is 4.90 Å². The fraction of sp³-hybridized carbons (Fsp3) is 0.355. The third-order valence-electron chi connectivity index (χ3n) is 8.61. The molecule has 0 atom stereocenters. The molecule has 218 valence electrons. The van der Waals surface area contributed by atoms with Crippen molar-refractivity contribution in [1.29, 1.82) is 0 Å². The normalized spacial score (nSPS) is 17.2. The van der Waals surface area contributed by atoms with Crippen molar-refractivity contribution in [3.63, 3.8) is 0 Å². The van der Waals surface area contributed by atoms with Crippen molar-refractivity contribution in [1.82, 2.24) is 25.1 Å². The van der Waals surface area contributed by atoms with Gasteiger partial charge in [0, 0.05) is 30.2 Å². The Morgan fingerprint density at radius 1 is 0.905 bits per heavy atom. The summed E-state index contributed by atoms with van der Waals surface area (Å²) in [6.07, 6.45) is 6.49. The van der Waals surface area contributed by atoms with Gasteiger partial charge in [-0.3, -0.25) is 9.82 Å². The number of hydrogen-bond acceptors (Lipinski definition) is 7. The number of H-pyrrole nitrogens is 2. The van der Waals surface area contributed by atoms with Crippen LogP contribution in [0.1, 0.15) is 32.1 Å². The molecule has 2 aliphatic heterocycles. The van der Waals surface area contributed by atoms with Gasteiger partial charge in [0.15, 0.2) is 5.82 Å². The number of piperidine rings is 2. The van der Waals surface area contributed by atoms with Crippen LogP contribution in [0.5, 0.6) is 5.75 Å². The summed E-state index contributed by atoms with van der Waals surface area (Å²) in [7, 11) is -2.22. The Morgan fingerprint density at radius 2 is 1.69 bits per heavy atom. The van der Waals surface area contributed by atoms with Crippen molar-refractivity contribution in [2.75, 3.05) is 42.9 Å². The number of hydrogen-bond donors (Lipinski definition) is 3. The smallest absolute Gasteiger partial charge is 0.261 e. The zero-order chi connectivity index (χ0) is 28.7. The van der Waals surface area contributed by atoms with Crippen molar-refractivity contribution in [3.05, 3.63) is 60.7 Å². The molecule has 3 aromatic carbocycles. The fourth-order valence-corrected chi connectivity index (χ4v) is 7.36. The van der Waals surface area contributed by atoms with Crippen molar-refractivity contribution in [2.45, 2.75) is 43.0 Å². The minimum absolute atomic E-state index is 0.154. The van der Waals surface area contributed by atoms with E-state index in [1.54, 1.807) is 24.3 Å². The minimum Gasteiger partial charge on any atom is -0.497 e. The number of rotatable bonds is 7. The zero-order valence-electron chi connectivity index (χ0n) is 23.6. The van der Waals surface area contributed by atoms with Crippen LogP contribution in [0.2, 0.25) is 0 Å². The average Bonchev–Trinajstić information content (AvgIpc) is 3.65. The van der Waals surface area contributed by atoms with Crippen LogP contribution >= 0.6 is 0 Å². The van der Waals surface area contributed by atoms with Crippen molar-refractivity contribution in [2.24, 2.45) is 0 Å². The van der Waals surface area contributed by atoms with E-state index in [9.17, 15) is 8.42 Å². The van der Waals surface area contributed by atoms with Crippen LogP contribution in [0.3, 0.4) is 0 Å². The van der Waals surface area contributed by atoms with E-state index in [1.165, 1.54) is 70.1 Å². The Kier molecular flexibility index (Phi) is 6.99. The number of nitrogens with one attached hydrogen (secondary N) is 3. The number of nitrogens with zero attached hydrogens (tertiary/aromatic N) is 4. The average molecular weight is 586 g/mol. The summed E-state index contributed by atoms with van der Waals surface area (Å²) in [6, 6.07) is 18.7. The summed E-state index contributed by atoms with van der Waals surface area (Å²) in [6.45, 7) is 4.66. The molecule has 0 unspecified atom stereocenters. The maximum absolute atomic E-state index is 12.9. The predicted molar refractivity (Wildman–Crippen MR) is 166 cm³/mol. The highest BCUT2D eigenvalue weighted by Crippen LogP contribution is 2.31. The molecule has 0 bridgehead atoms. The number of imidazole rings is 1. The number of aromatic nitrogens is 4. The molecule has 2 saturated heterocycles. The number of methoxy groups -OCH3 is 1. The molecular weight excluding hydrogens is 550 g/mol. The van der Waals surface area contributed by atoms with E-state index >= 15 is 0 Å². The lowest BCUT2D eigenvalue weighted by atomic mass is 9.99. The van der Waals surface area contributed by atoms with Gasteiger partial charge in [0.25, 0.3) is 10.0 Å². The summed E-state index contributed by atoms with van der Waals surface area (Å²) in [4.78, 5) is 13.6. The van der Waals surface area contributed by atoms with Gasteiger partial charge >= 0.3 is 0 Å². The Morgan fingerprint density at radius 3 is 2.45 bits per heavy atom. The van der Waals surface area contributed by atoms with E-state index in [0.29, 0.717) is 28.5 Å². The molecule has 4 heterocycles. The zero-order valence-corrected chi connectivity index (χ0v) is 24.5. The predicted octanol–water partition coefficient (Wildman–Crippen LogP) is 5.37. The standard InChI is InChI=1S/C31H35N7O3S/c1-41-24-7-9-25(10-8-24)42(39,40)36-21-5-11-26-28(19-21)34-35-30(26)31-32-27-12-6-23(20-29(27)33-31)38-17-13-22(14-18-38)37-15-3-2-4-16-37/h5-12,19-20,22,36H,2-4,13-18H2,1H3,(H,32,33)(H,34,35). The molecule has 0 saturated carbocycles. The van der Waals surface area contributed by atoms with Crippen LogP contribution in [0, 0.1) is 0 Å². The molecule has 10 nitrogen and oxygen atoms in total. The van der Waals surface area contributed by atoms with Gasteiger partial charge in [-0.05, 0) is 99.4 Å². The van der Waals surface area contributed by atoms with Crippen molar-refractivity contribution >= 4 is 43.3 Å². The molecule has 7 rings (SSSR count). The second kappa shape index (κ2) is 11.0. The Hall–Kier alpha value is -4.09. The molecular formula is C31H35N7O3S. The first-order valence-electron chi connectivity index (χ1n) is 14.6. The van der Waals surface area contributed by atoms with Gasteiger partial charge in [-0.2, -0.15) is 5.10 Å². The van der Waals surface area contributed by atoms with Crippen LogP contribution < -0.4 is 14.4 Å². The third kappa shape index (κ3) is 5.18. The Balaban J connectivity index is 1.07. The number of aromatic amines is 2. The lowest BCUT2D eigenvalue weighted by Gasteiger charge is -2.41. The molecule has 0 spiro atoms. The van der Waals surface area contributed by atoms with E-state index in [1.807, 2.05) is 6.07 Å². The lowest BCUT2D eigenvalue weighted by Crippen LogP contribution is -2.46. The molecule has 11 heteroatoms. The topological polar surface area (TPSA) is 119 Å². The number of benzene rings is 3. The van der Waals surface area contributed by atoms with Gasteiger partial charge in [0.2, 0.25) is 0 Å². The van der Waals surface area contributed by atoms with Gasteiger partial charge in [0.1, 0.15) is 11.4 Å². The highest BCUT2D eigenvalue weighted by atomic mass is 32.2. The maximum atomic E-state index is 12.9. The molecule has 42 heavy (non-hydrogen) atoms. The van der Waals surface area contributed by atoms with Gasteiger partial charge in [0.05, 0.1) is 34.2 Å². The highest BCUT2D eigenvalue weighted by molar-refractivity contribution is 7.92. The molecule has 3 N–H and O–H groups in total. The maximum Gasteiger partial charge on any atom is 0.261 e. The number of sulfonamides is 1. The van der Waals surface area contributed by atoms with Crippen molar-refractivity contribution in [3.8, 4) is 17.3 Å². The van der Waals surface area contributed by atoms with Gasteiger partial charge in [-0.25, -0.2) is 13.4 Å². The van der Waals surface area contributed by atoms with Gasteiger partial charge < -0.3 is 19.5 Å². The van der Waals surface area contributed by atoms with Crippen LogP contribution in [0.4, 0.5) is 11.4 Å². The van der Waals surface area contributed by atoms with Gasteiger partial charge in [-0.15, -0.1) is 0 Å². The first-order chi connectivity index (χ1) is 20.5. The monoisotopic (exact) mass is 585 g/mol. The molecule has 5 aromatic rings. The summed E-state index contributed by atoms with van der Waals surface area (Å²) in [5.74, 6) is 1.26. The van der Waals surface area contributed by atoms with Crippen LogP contribution in [-0.4, -0.2) is 72.8 Å². The van der Waals surface area contributed by atoms with E-state index in [4.69, 9.17) is 9.72 Å². The third-order valence-corrected chi connectivity index (χ3v) is 10.0. The SMILES string of the molecule is COc1ccc(S(=O)(=O)Nc2ccc3c(-c4nc5ccc(N6CCC(N7CCCCC7)CC6)cc5[nH]4)n[nH]c3c2)cc1. The van der Waals surface area contributed by atoms with Crippen LogP contribution in [0.25, 0.3) is 33.5 Å². The number of anilines is 2. The van der Waals surface area contributed by atoms with Gasteiger partial charge in [-0.1, -0.05) is 6.42 Å². The van der Waals surface area contributed by atoms with Crippen LogP contribution in [0.15, 0.2) is 65.6 Å². The molecule has 2 aromatic heterocycles. The molecule has 2 fully saturated rings. The fourth-order valence-electron chi connectivity index (χ4n) is 6.31. The summed E-state index contributed by atoms with van der Waals surface area (Å²) in [5.41, 5.74) is 4.91. The quantitative estimate of drug-likeness (QED) is 0.235. The highest BCUT2D eigenvalue weighted by Gasteiger charge is 2.26. The number of fused-ring (bicyclic) bond motifs is 2. The van der Waals surface area contributed by atoms with E-state index < -0.39 is 10.0 Å². The number of ether oxygens (including phenoxy) is 1. The van der Waals surface area contributed by atoms with Crippen LogP contribution in [-0.2, 0) is 10.0 Å². The second-order valence-electron chi connectivity index (χ2n) is 11.2. The first kappa shape index (κ1) is 26.8. The minimum atomic E-state index is -3.76.